The maximum atomic E-state index is 15.4. The summed E-state index contributed by atoms with van der Waals surface area (Å²) in [5, 5.41) is 98.2. The molecule has 6 aliphatic rings. The van der Waals surface area contributed by atoms with Gasteiger partial charge in [-0.05, 0) is 114 Å². The summed E-state index contributed by atoms with van der Waals surface area (Å²) in [5.74, 6) is -13.6. The maximum absolute atomic E-state index is 15.4. The summed E-state index contributed by atoms with van der Waals surface area (Å²) in [5.41, 5.74) is -3.98. The zero-order valence-electron chi connectivity index (χ0n) is 61.3. The minimum atomic E-state index is -1.16. The Labute approximate surface area is 611 Å². The highest BCUT2D eigenvalue weighted by atomic mass is 32.2. The standard InChI is InChI=1S/C82H97N3O18S/c1-41-21-17-15-19-23-47(7)81(102)84-68-67(78(100)63-57(76(68)98)37-53(13)74(96)65(63)72(94)51(11)35-49(9)70(92)45(5)27-31-55(86)29-25-43(3)61(90)39-59(41)88)83-33-34-104-80-69-77(99)58-38-54(14)75(97)66(64(58)79(80)101)73(95)52(12)36-50(10)71(93)46(6)28-32-56(87)30-26-44(4)62(91)40-60(89)42(2)22-18-16-20-24-48(8)82(103)85-69/h15-28,31-32,35-38,41-42,45-46,49-50,55-56,59-60,70-71,83,86-89,92-93,96-97H,29-30,33-34,39-40H2,1-14H3,(H,84,102)(H,85,103)/b19-15+,20-16+,21-17+,22-18+,31-27-,32-28+,43-25-,44-26-,47-23-,48-24-,51-35+,52-36-/t41-,42-,45-,46-,49-,50-,55-,56-,59-,60-,70-,71-/m0/s1. The van der Waals surface area contributed by atoms with Crippen LogP contribution in [0.4, 0.5) is 0 Å². The summed E-state index contributed by atoms with van der Waals surface area (Å²) in [6.45, 7) is 21.2. The molecule has 0 radical (unpaired) electrons. The molecule has 0 saturated carbocycles. The molecule has 2 aliphatic carbocycles. The van der Waals surface area contributed by atoms with Crippen LogP contribution >= 0.6 is 11.8 Å². The van der Waals surface area contributed by atoms with Crippen LogP contribution < -0.4 is 16.0 Å². The van der Waals surface area contributed by atoms with Gasteiger partial charge in [0.05, 0.1) is 58.2 Å². The normalized spacial score (nSPS) is 31.3. The summed E-state index contributed by atoms with van der Waals surface area (Å²) in [6.07, 6.45) is 20.5. The molecule has 2 amide bonds. The van der Waals surface area contributed by atoms with E-state index in [1.54, 1.807) is 116 Å². The number of aromatic hydroxyl groups is 2. The van der Waals surface area contributed by atoms with Crippen molar-refractivity contribution in [2.24, 2.45) is 35.5 Å². The topological polar surface area (TPSA) is 369 Å². The highest BCUT2D eigenvalue weighted by molar-refractivity contribution is 8.04. The van der Waals surface area contributed by atoms with E-state index in [9.17, 15) is 69.6 Å². The van der Waals surface area contributed by atoms with E-state index in [4.69, 9.17) is 0 Å². The Kier molecular flexibility index (Phi) is 30.0. The average Bonchev–Trinajstić information content (AvgIpc) is 0.744. The number of ketones is 8. The number of carbonyl (C=O) groups excluding carboxylic acids is 10. The van der Waals surface area contributed by atoms with Gasteiger partial charge < -0.3 is 56.8 Å². The molecule has 2 aromatic rings. The zero-order chi connectivity index (χ0) is 77.5. The molecule has 4 heterocycles. The molecule has 8 bridgehead atoms. The van der Waals surface area contributed by atoms with Gasteiger partial charge in [-0.3, -0.25) is 47.9 Å². The van der Waals surface area contributed by atoms with Gasteiger partial charge in [-0.1, -0.05) is 151 Å². The van der Waals surface area contributed by atoms with Crippen LogP contribution in [0, 0.1) is 49.4 Å². The van der Waals surface area contributed by atoms with Crippen LogP contribution in [0.15, 0.2) is 177 Å². The molecule has 8 rings (SSSR count). The van der Waals surface area contributed by atoms with Crippen molar-refractivity contribution in [2.75, 3.05) is 12.3 Å². The fraction of sp³-hybridized carbons (Fsp3) is 0.390. The molecule has 0 saturated heterocycles. The minimum Gasteiger partial charge on any atom is -0.507 e. The second-order valence-corrected chi connectivity index (χ2v) is 28.5. The van der Waals surface area contributed by atoms with Crippen molar-refractivity contribution < 1.29 is 88.8 Å². The first-order valence-electron chi connectivity index (χ1n) is 34.6. The molecule has 0 fully saturated rings. The largest absolute Gasteiger partial charge is 0.507 e. The van der Waals surface area contributed by atoms with E-state index < -0.39 is 181 Å². The van der Waals surface area contributed by atoms with Gasteiger partial charge in [-0.2, -0.15) is 0 Å². The molecular formula is C82H97N3O18S. The number of aliphatic hydroxyl groups excluding tert-OH is 6. The molecule has 0 spiro atoms. The molecule has 554 valence electrons. The zero-order valence-corrected chi connectivity index (χ0v) is 62.1. The van der Waals surface area contributed by atoms with Crippen LogP contribution in [0.1, 0.15) is 182 Å². The summed E-state index contributed by atoms with van der Waals surface area (Å²) in [7, 11) is 0. The fourth-order valence-corrected chi connectivity index (χ4v) is 12.9. The number of carbonyl (C=O) groups is 10. The third-order valence-corrected chi connectivity index (χ3v) is 20.0. The number of phenols is 2. The molecule has 2 aromatic carbocycles. The lowest BCUT2D eigenvalue weighted by Gasteiger charge is -2.26. The lowest BCUT2D eigenvalue weighted by molar-refractivity contribution is -0.118. The van der Waals surface area contributed by atoms with Gasteiger partial charge in [-0.15, -0.1) is 11.8 Å². The highest BCUT2D eigenvalue weighted by Crippen LogP contribution is 2.41. The second-order valence-electron chi connectivity index (χ2n) is 27.4. The molecule has 4 aliphatic heterocycles. The van der Waals surface area contributed by atoms with Crippen molar-refractivity contribution in [3.05, 3.63) is 221 Å². The maximum Gasteiger partial charge on any atom is 0.251 e. The van der Waals surface area contributed by atoms with Crippen LogP contribution in [0.5, 0.6) is 11.5 Å². The highest BCUT2D eigenvalue weighted by Gasteiger charge is 2.42. The lowest BCUT2D eigenvalue weighted by Crippen LogP contribution is -2.40. The van der Waals surface area contributed by atoms with Crippen LogP contribution in [0.2, 0.25) is 0 Å². The van der Waals surface area contributed by atoms with E-state index in [1.807, 2.05) is 0 Å². The van der Waals surface area contributed by atoms with Gasteiger partial charge in [0, 0.05) is 88.5 Å². The van der Waals surface area contributed by atoms with Gasteiger partial charge in [0.15, 0.2) is 23.1 Å². The molecule has 12 atom stereocenters. The Morgan fingerprint density at radius 1 is 0.423 bits per heavy atom. The third kappa shape index (κ3) is 20.7. The molecule has 0 unspecified atom stereocenters. The quantitative estimate of drug-likeness (QED) is 0.0979. The number of thioether (sulfide) groups is 1. The fourth-order valence-electron chi connectivity index (χ4n) is 11.9. The summed E-state index contributed by atoms with van der Waals surface area (Å²) in [4.78, 5) is 145. The van der Waals surface area contributed by atoms with Crippen LogP contribution in [0.3, 0.4) is 0 Å². The summed E-state index contributed by atoms with van der Waals surface area (Å²) >= 11 is 0.667. The van der Waals surface area contributed by atoms with Crippen LogP contribution in [0.25, 0.3) is 0 Å². The first-order chi connectivity index (χ1) is 48.9. The SMILES string of the molecule is C/C1=C/C[C@H](O)/C=C\[C@H](C)[C@H](O)[C@@H](C)/C=C(\C)C(=O)c2c(O)c(C)cc3c2C(=O)C(NCCSC2=C4NC(=O)\C(C)=C/C=C/C=C/[C@H](C)[C@@H](O)CC(=O)/C(C)=C\C[C@H](O)/C=C/[C@H](C)[C@H](O)[C@@H](C)/C=C(/C)C(=O)c5c(O)c(C)cc(c5C2=O)C4=O)=C(NC(=O)\C(C)=C/C=C/C=C/[C@H](C)[C@@H](O)CC1=O)C3=O. The van der Waals surface area contributed by atoms with Crippen LogP contribution in [-0.2, 0) is 19.2 Å². The predicted octanol–water partition coefficient (Wildman–Crippen LogP) is 10.2. The summed E-state index contributed by atoms with van der Waals surface area (Å²) in [6, 6.07) is 2.40. The minimum absolute atomic E-state index is 0.00461. The van der Waals surface area contributed by atoms with Gasteiger partial charge in [-0.25, -0.2) is 0 Å². The first-order valence-corrected chi connectivity index (χ1v) is 35.6. The number of Topliss-reactive ketones (excluding diaryl/α,β-unsaturated/α-hetero) is 8. The predicted molar refractivity (Wildman–Crippen MR) is 399 cm³/mol. The number of amides is 2. The van der Waals surface area contributed by atoms with Crippen molar-refractivity contribution in [1.82, 2.24) is 16.0 Å². The Morgan fingerprint density at radius 2 is 0.817 bits per heavy atom. The van der Waals surface area contributed by atoms with E-state index in [0.29, 0.717) is 22.9 Å². The monoisotopic (exact) mass is 1440 g/mol. The molecule has 22 heteroatoms. The van der Waals surface area contributed by atoms with Gasteiger partial charge in [0.2, 0.25) is 23.1 Å². The van der Waals surface area contributed by atoms with E-state index in [2.05, 4.69) is 16.0 Å². The Hall–Kier alpha value is -9.39. The van der Waals surface area contributed by atoms with Gasteiger partial charge in [0.1, 0.15) is 28.6 Å². The molecule has 104 heavy (non-hydrogen) atoms. The van der Waals surface area contributed by atoms with Crippen molar-refractivity contribution in [3.63, 3.8) is 0 Å². The smallest absolute Gasteiger partial charge is 0.251 e. The van der Waals surface area contributed by atoms with E-state index >= 15 is 19.2 Å². The number of phenolic OH excluding ortho intramolecular Hbond substituents is 2. The average molecular weight is 1440 g/mol. The Bertz CT molecular complexity index is 3980. The Morgan fingerprint density at radius 3 is 1.24 bits per heavy atom. The van der Waals surface area contributed by atoms with E-state index in [1.165, 1.54) is 102 Å². The van der Waals surface area contributed by atoms with E-state index in [-0.39, 0.29) is 87.5 Å². The second kappa shape index (κ2) is 37.4. The molecule has 0 aromatic heterocycles. The van der Waals surface area contributed by atoms with Crippen molar-refractivity contribution in [3.8, 4) is 11.5 Å². The number of hydrogen-bond donors (Lipinski definition) is 11. The third-order valence-electron chi connectivity index (χ3n) is 18.9. The number of nitrogens with one attached hydrogen (secondary N) is 3. The number of rotatable bonds is 5. The number of benzene rings is 2. The van der Waals surface area contributed by atoms with Crippen molar-refractivity contribution in [2.45, 2.75) is 159 Å². The summed E-state index contributed by atoms with van der Waals surface area (Å²) < 4.78 is 0. The number of aliphatic hydroxyl groups is 6. The van der Waals surface area contributed by atoms with Gasteiger partial charge >= 0.3 is 0 Å². The molecule has 11 N–H and O–H groups in total. The lowest BCUT2D eigenvalue weighted by atomic mass is 9.82. The number of fused-ring (bicyclic) bond motifs is 36. The van der Waals surface area contributed by atoms with Crippen molar-refractivity contribution in [1.29, 1.82) is 0 Å². The number of allylic oxidation sites excluding steroid dienone is 16. The first kappa shape index (κ1) is 83.6. The van der Waals surface area contributed by atoms with Crippen molar-refractivity contribution >= 4 is 69.8 Å². The van der Waals surface area contributed by atoms with Gasteiger partial charge in [0.25, 0.3) is 11.8 Å². The van der Waals surface area contributed by atoms with Crippen LogP contribution in [-0.4, -0.2) is 148 Å². The molecule has 21 nitrogen and oxygen atoms in total. The Balaban J connectivity index is 1.47. The number of hydrogen-bond acceptors (Lipinski definition) is 20. The molecular weight excluding hydrogens is 1350 g/mol. The number of aryl methyl sites for hydroxylation is 2. The van der Waals surface area contributed by atoms with E-state index in [0.717, 1.165) is 0 Å².